The Kier molecular flexibility index (Phi) is 6.49. The van der Waals surface area contributed by atoms with E-state index in [2.05, 4.69) is 34.6 Å². The lowest BCUT2D eigenvalue weighted by atomic mass is 9.43. The molecule has 3 fully saturated rings. The molecule has 1 heteroatoms. The molecular weight excluding hydrogens is 292 g/mol. The van der Waals surface area contributed by atoms with Crippen LogP contribution in [0.15, 0.2) is 0 Å². The van der Waals surface area contributed by atoms with E-state index < -0.39 is 0 Å². The molecule has 0 aromatic heterocycles. The zero-order valence-electron chi connectivity index (χ0n) is 17.8. The van der Waals surface area contributed by atoms with E-state index in [-0.39, 0.29) is 0 Å². The summed E-state index contributed by atoms with van der Waals surface area (Å²) < 4.78 is 6.02. The van der Waals surface area contributed by atoms with Crippen LogP contribution in [0.25, 0.3) is 0 Å². The molecule has 0 N–H and O–H groups in total. The Morgan fingerprint density at radius 2 is 1.62 bits per heavy atom. The zero-order chi connectivity index (χ0) is 18.1. The summed E-state index contributed by atoms with van der Waals surface area (Å²) in [4.78, 5) is 0. The predicted octanol–water partition coefficient (Wildman–Crippen LogP) is 6.95. The molecule has 0 saturated heterocycles. The third kappa shape index (κ3) is 3.19. The van der Waals surface area contributed by atoms with E-state index in [0.29, 0.717) is 16.9 Å². The fourth-order valence-corrected chi connectivity index (χ4v) is 6.86. The molecule has 0 aliphatic heterocycles. The van der Waals surface area contributed by atoms with Crippen molar-refractivity contribution in [1.82, 2.24) is 0 Å². The van der Waals surface area contributed by atoms with Gasteiger partial charge in [-0.2, -0.15) is 0 Å². The van der Waals surface area contributed by atoms with E-state index in [9.17, 15) is 0 Å². The van der Waals surface area contributed by atoms with Gasteiger partial charge in [0.2, 0.25) is 0 Å². The molecule has 7 atom stereocenters. The van der Waals surface area contributed by atoms with Crippen LogP contribution in [0.1, 0.15) is 93.4 Å². The lowest BCUT2D eigenvalue weighted by Gasteiger charge is -2.63. The van der Waals surface area contributed by atoms with Crippen molar-refractivity contribution in [1.29, 1.82) is 0 Å². The Bertz CT molecular complexity index is 401. The first-order chi connectivity index (χ1) is 11.3. The number of fused-ring (bicyclic) bond motifs is 3. The van der Waals surface area contributed by atoms with E-state index in [4.69, 9.17) is 4.74 Å². The van der Waals surface area contributed by atoms with Crippen molar-refractivity contribution in [2.45, 2.75) is 99.5 Å². The average Bonchev–Trinajstić information content (AvgIpc) is 2.58. The summed E-state index contributed by atoms with van der Waals surface area (Å²) in [6, 6.07) is 0. The second-order valence-corrected chi connectivity index (χ2v) is 9.73. The van der Waals surface area contributed by atoms with E-state index in [1.807, 2.05) is 21.0 Å². The molecule has 0 aromatic rings. The van der Waals surface area contributed by atoms with Crippen molar-refractivity contribution >= 4 is 0 Å². The van der Waals surface area contributed by atoms with Crippen molar-refractivity contribution < 1.29 is 4.74 Å². The Balaban J connectivity index is 0.00000100. The minimum atomic E-state index is 0.436. The summed E-state index contributed by atoms with van der Waals surface area (Å²) >= 11 is 0. The molecule has 3 saturated carbocycles. The summed E-state index contributed by atoms with van der Waals surface area (Å²) in [7, 11) is 1.95. The highest BCUT2D eigenvalue weighted by Crippen LogP contribution is 2.65. The van der Waals surface area contributed by atoms with Crippen LogP contribution in [0.5, 0.6) is 0 Å². The third-order valence-electron chi connectivity index (χ3n) is 8.66. The summed E-state index contributed by atoms with van der Waals surface area (Å²) in [6.45, 7) is 16.4. The molecule has 0 heterocycles. The van der Waals surface area contributed by atoms with Gasteiger partial charge in [0.25, 0.3) is 0 Å². The van der Waals surface area contributed by atoms with Gasteiger partial charge < -0.3 is 4.74 Å². The second-order valence-electron chi connectivity index (χ2n) is 9.73. The molecule has 3 rings (SSSR count). The number of hydrogen-bond acceptors (Lipinski definition) is 1. The van der Waals surface area contributed by atoms with Crippen LogP contribution in [0, 0.1) is 40.4 Å². The summed E-state index contributed by atoms with van der Waals surface area (Å²) in [5, 5.41) is 0. The summed E-state index contributed by atoms with van der Waals surface area (Å²) in [6.07, 6.45) is 10.5. The van der Waals surface area contributed by atoms with Gasteiger partial charge in [-0.3, -0.25) is 0 Å². The minimum Gasteiger partial charge on any atom is -0.381 e. The molecule has 24 heavy (non-hydrogen) atoms. The molecule has 0 aromatic carbocycles. The second kappa shape index (κ2) is 7.68. The van der Waals surface area contributed by atoms with Crippen LogP contribution in [0.4, 0.5) is 0 Å². The Labute approximate surface area is 152 Å². The third-order valence-corrected chi connectivity index (χ3v) is 8.66. The summed E-state index contributed by atoms with van der Waals surface area (Å²) in [5.74, 6) is 4.56. The number of hydrogen-bond donors (Lipinski definition) is 0. The highest BCUT2D eigenvalue weighted by molar-refractivity contribution is 5.08. The van der Waals surface area contributed by atoms with Crippen LogP contribution in [0.3, 0.4) is 0 Å². The van der Waals surface area contributed by atoms with Crippen LogP contribution in [-0.2, 0) is 4.74 Å². The maximum Gasteiger partial charge on any atom is 0.0604 e. The molecular formula is C23H44O. The fraction of sp³-hybridized carbons (Fsp3) is 1.00. The van der Waals surface area contributed by atoms with Gasteiger partial charge in [-0.15, -0.1) is 0 Å². The van der Waals surface area contributed by atoms with E-state index in [1.165, 1.54) is 44.9 Å². The van der Waals surface area contributed by atoms with Gasteiger partial charge >= 0.3 is 0 Å². The van der Waals surface area contributed by atoms with Gasteiger partial charge in [0, 0.05) is 12.5 Å². The van der Waals surface area contributed by atoms with Crippen LogP contribution >= 0.6 is 0 Å². The Morgan fingerprint density at radius 3 is 2.25 bits per heavy atom. The molecule has 3 aliphatic rings. The Morgan fingerprint density at radius 1 is 0.958 bits per heavy atom. The van der Waals surface area contributed by atoms with E-state index in [0.717, 1.165) is 29.6 Å². The molecule has 142 valence electrons. The molecule has 7 unspecified atom stereocenters. The summed E-state index contributed by atoms with van der Waals surface area (Å²) in [5.41, 5.74) is 1.02. The monoisotopic (exact) mass is 336 g/mol. The molecule has 0 radical (unpaired) electrons. The lowest BCUT2D eigenvalue weighted by Crippen LogP contribution is -2.58. The first kappa shape index (κ1) is 20.3. The van der Waals surface area contributed by atoms with Crippen molar-refractivity contribution in [3.05, 3.63) is 0 Å². The minimum absolute atomic E-state index is 0.436. The van der Waals surface area contributed by atoms with Gasteiger partial charge in [-0.1, -0.05) is 48.0 Å². The van der Waals surface area contributed by atoms with Gasteiger partial charge in [0.05, 0.1) is 6.10 Å². The van der Waals surface area contributed by atoms with E-state index >= 15 is 0 Å². The number of rotatable bonds is 2. The topological polar surface area (TPSA) is 9.23 Å². The number of ether oxygens (including phenoxy) is 1. The van der Waals surface area contributed by atoms with Crippen LogP contribution in [0.2, 0.25) is 0 Å². The largest absolute Gasteiger partial charge is 0.381 e. The SMILES string of the molecule is CC.COC(C)C12CCC(C)CC1CCC1C(C)C(C)(C)CCC12. The predicted molar refractivity (Wildman–Crippen MR) is 105 cm³/mol. The first-order valence-corrected chi connectivity index (χ1v) is 10.9. The van der Waals surface area contributed by atoms with Crippen LogP contribution in [-0.4, -0.2) is 13.2 Å². The van der Waals surface area contributed by atoms with Crippen molar-refractivity contribution in [3.8, 4) is 0 Å². The average molecular weight is 337 g/mol. The maximum atomic E-state index is 6.02. The molecule has 0 bridgehead atoms. The first-order valence-electron chi connectivity index (χ1n) is 10.9. The molecule has 0 spiro atoms. The van der Waals surface area contributed by atoms with Crippen molar-refractivity contribution in [2.75, 3.05) is 7.11 Å². The highest BCUT2D eigenvalue weighted by atomic mass is 16.5. The maximum absolute atomic E-state index is 6.02. The van der Waals surface area contributed by atoms with Gasteiger partial charge in [-0.05, 0) is 80.5 Å². The fourth-order valence-electron chi connectivity index (χ4n) is 6.86. The van der Waals surface area contributed by atoms with E-state index in [1.54, 1.807) is 0 Å². The molecule has 3 aliphatic carbocycles. The van der Waals surface area contributed by atoms with Crippen LogP contribution < -0.4 is 0 Å². The smallest absolute Gasteiger partial charge is 0.0604 e. The lowest BCUT2D eigenvalue weighted by molar-refractivity contribution is -0.176. The Hall–Kier alpha value is -0.0400. The quantitative estimate of drug-likeness (QED) is 0.530. The number of methoxy groups -OCH3 is 1. The zero-order valence-corrected chi connectivity index (χ0v) is 17.8. The molecule has 0 amide bonds. The standard InChI is InChI=1S/C21H38O.C2H6/c1-14-9-12-21(16(3)22-6)17(13-14)7-8-18-15(2)20(4,5)11-10-19(18)21;1-2/h14-19H,7-13H2,1-6H3;1-2H3. The van der Waals surface area contributed by atoms with Gasteiger partial charge in [-0.25, -0.2) is 0 Å². The van der Waals surface area contributed by atoms with Crippen molar-refractivity contribution in [2.24, 2.45) is 40.4 Å². The van der Waals surface area contributed by atoms with Gasteiger partial charge in [0.1, 0.15) is 0 Å². The van der Waals surface area contributed by atoms with Crippen molar-refractivity contribution in [3.63, 3.8) is 0 Å². The normalized spacial score (nSPS) is 45.2. The van der Waals surface area contributed by atoms with Gasteiger partial charge in [0.15, 0.2) is 0 Å². The highest BCUT2D eigenvalue weighted by Gasteiger charge is 2.59. The molecule has 1 nitrogen and oxygen atoms in total.